The molecule has 2 aromatic carbocycles. The van der Waals surface area contributed by atoms with Crippen molar-refractivity contribution in [3.63, 3.8) is 0 Å². The molecule has 0 aromatic heterocycles. The molecule has 0 aliphatic carbocycles. The molecule has 1 aliphatic heterocycles. The van der Waals surface area contributed by atoms with Crippen molar-refractivity contribution in [2.45, 2.75) is 11.8 Å². The molecule has 0 bridgehead atoms. The highest BCUT2D eigenvalue weighted by atomic mass is 35.5. The quantitative estimate of drug-likeness (QED) is 0.872. The largest absolute Gasteiger partial charge is 0.495 e. The number of carboxylic acid groups (broad SMARTS) is 1. The lowest BCUT2D eigenvalue weighted by Gasteiger charge is -2.19. The normalized spacial score (nSPS) is 13.3. The lowest BCUT2D eigenvalue weighted by Crippen LogP contribution is -2.30. The summed E-state index contributed by atoms with van der Waals surface area (Å²) in [5.74, 6) is -0.700. The number of anilines is 1. The van der Waals surface area contributed by atoms with E-state index >= 15 is 0 Å². The Morgan fingerprint density at radius 3 is 2.68 bits per heavy atom. The van der Waals surface area contributed by atoms with E-state index in [9.17, 15) is 18.3 Å². The number of methoxy groups -OCH3 is 1. The van der Waals surface area contributed by atoms with Gasteiger partial charge in [-0.25, -0.2) is 17.5 Å². The van der Waals surface area contributed by atoms with Crippen LogP contribution >= 0.6 is 11.6 Å². The van der Waals surface area contributed by atoms with Gasteiger partial charge in [-0.15, -0.1) is 0 Å². The minimum atomic E-state index is -4.07. The van der Waals surface area contributed by atoms with Gasteiger partial charge in [0.15, 0.2) is 6.73 Å². The van der Waals surface area contributed by atoms with Gasteiger partial charge in [0, 0.05) is 5.02 Å². The summed E-state index contributed by atoms with van der Waals surface area (Å²) < 4.78 is 37.7. The molecule has 25 heavy (non-hydrogen) atoms. The van der Waals surface area contributed by atoms with E-state index < -0.39 is 16.0 Å². The van der Waals surface area contributed by atoms with Gasteiger partial charge in [-0.05, 0) is 42.8 Å². The van der Waals surface area contributed by atoms with Crippen LogP contribution in [0.15, 0.2) is 35.2 Å². The second-order valence-corrected chi connectivity index (χ2v) is 7.64. The summed E-state index contributed by atoms with van der Waals surface area (Å²) >= 11 is 5.93. The highest BCUT2D eigenvalue weighted by molar-refractivity contribution is 7.93. The summed E-state index contributed by atoms with van der Waals surface area (Å²) in [4.78, 5) is 11.2. The number of benzene rings is 2. The van der Waals surface area contributed by atoms with E-state index in [1.54, 1.807) is 6.92 Å². The van der Waals surface area contributed by atoms with Crippen LogP contribution in [-0.2, 0) is 10.0 Å². The first-order valence-corrected chi connectivity index (χ1v) is 8.94. The Kier molecular flexibility index (Phi) is 4.26. The van der Waals surface area contributed by atoms with Gasteiger partial charge in [-0.1, -0.05) is 11.6 Å². The van der Waals surface area contributed by atoms with Crippen molar-refractivity contribution in [1.29, 1.82) is 0 Å². The number of hydrogen-bond donors (Lipinski definition) is 1. The maximum atomic E-state index is 13.1. The molecule has 0 radical (unpaired) electrons. The summed E-state index contributed by atoms with van der Waals surface area (Å²) in [5.41, 5.74) is 0.671. The van der Waals surface area contributed by atoms with Crippen molar-refractivity contribution >= 4 is 33.3 Å². The molecule has 132 valence electrons. The molecule has 0 atom stereocenters. The molecule has 1 N–H and O–H groups in total. The fourth-order valence-electron chi connectivity index (χ4n) is 2.61. The number of carboxylic acids is 1. The first-order chi connectivity index (χ1) is 11.8. The lowest BCUT2D eigenvalue weighted by molar-refractivity contribution is 0.0697. The Morgan fingerprint density at radius 1 is 1.32 bits per heavy atom. The van der Waals surface area contributed by atoms with Gasteiger partial charge in [0.1, 0.15) is 16.4 Å². The number of aryl methyl sites for hydroxylation is 1. The molecule has 0 saturated heterocycles. The number of ether oxygens (including phenoxy) is 2. The molecular formula is C16H14ClNO6S. The zero-order valence-corrected chi connectivity index (χ0v) is 14.9. The standard InChI is InChI=1S/C16H14ClNO6S/c1-9-5-10(16(19)20)6-12-15(9)24-8-18(12)25(21,22)14-7-11(17)3-4-13(14)23-2/h3-7H,8H2,1-2H3,(H,19,20). The van der Waals surface area contributed by atoms with E-state index in [2.05, 4.69) is 0 Å². The van der Waals surface area contributed by atoms with Crippen molar-refractivity contribution in [2.24, 2.45) is 0 Å². The zero-order valence-electron chi connectivity index (χ0n) is 13.3. The second kappa shape index (κ2) is 6.12. The van der Waals surface area contributed by atoms with E-state index in [1.807, 2.05) is 0 Å². The van der Waals surface area contributed by atoms with Crippen molar-refractivity contribution in [3.8, 4) is 11.5 Å². The van der Waals surface area contributed by atoms with Crippen molar-refractivity contribution in [2.75, 3.05) is 18.1 Å². The summed E-state index contributed by atoms with van der Waals surface area (Å²) in [6, 6.07) is 6.94. The highest BCUT2D eigenvalue weighted by Gasteiger charge is 2.36. The molecule has 0 fully saturated rings. The van der Waals surface area contributed by atoms with Crippen LogP contribution in [0.5, 0.6) is 11.5 Å². The third kappa shape index (κ3) is 2.87. The maximum absolute atomic E-state index is 13.1. The third-order valence-corrected chi connectivity index (χ3v) is 5.78. The van der Waals surface area contributed by atoms with Gasteiger partial charge in [0.2, 0.25) is 0 Å². The fourth-order valence-corrected chi connectivity index (χ4v) is 4.36. The van der Waals surface area contributed by atoms with Crippen LogP contribution in [0.2, 0.25) is 5.02 Å². The number of fused-ring (bicyclic) bond motifs is 1. The molecule has 0 saturated carbocycles. The van der Waals surface area contributed by atoms with Crippen LogP contribution in [0.4, 0.5) is 5.69 Å². The van der Waals surface area contributed by atoms with Gasteiger partial charge in [-0.2, -0.15) is 0 Å². The van der Waals surface area contributed by atoms with Crippen LogP contribution in [0.25, 0.3) is 0 Å². The first-order valence-electron chi connectivity index (χ1n) is 7.12. The fraction of sp³-hybridized carbons (Fsp3) is 0.188. The Labute approximate surface area is 149 Å². The van der Waals surface area contributed by atoms with Crippen molar-refractivity contribution in [1.82, 2.24) is 0 Å². The summed E-state index contributed by atoms with van der Waals surface area (Å²) in [5, 5.41) is 9.45. The van der Waals surface area contributed by atoms with Crippen LogP contribution in [0.3, 0.4) is 0 Å². The Balaban J connectivity index is 2.17. The average molecular weight is 384 g/mol. The van der Waals surface area contributed by atoms with Crippen molar-refractivity contribution < 1.29 is 27.8 Å². The van der Waals surface area contributed by atoms with Gasteiger partial charge in [-0.3, -0.25) is 0 Å². The number of halogens is 1. The van der Waals surface area contributed by atoms with Crippen LogP contribution in [0, 0.1) is 6.92 Å². The van der Waals surface area contributed by atoms with Crippen molar-refractivity contribution in [3.05, 3.63) is 46.5 Å². The number of nitrogens with zero attached hydrogens (tertiary/aromatic N) is 1. The summed E-state index contributed by atoms with van der Waals surface area (Å²) in [6.07, 6.45) is 0. The second-order valence-electron chi connectivity index (χ2n) is 5.37. The van der Waals surface area contributed by atoms with Gasteiger partial charge in [0.25, 0.3) is 10.0 Å². The summed E-state index contributed by atoms with van der Waals surface area (Å²) in [6.45, 7) is 1.39. The van der Waals surface area contributed by atoms with Gasteiger partial charge >= 0.3 is 5.97 Å². The predicted molar refractivity (Wildman–Crippen MR) is 91.3 cm³/mol. The number of rotatable bonds is 4. The maximum Gasteiger partial charge on any atom is 0.335 e. The van der Waals surface area contributed by atoms with E-state index in [0.717, 1.165) is 4.31 Å². The predicted octanol–water partition coefficient (Wildman–Crippen LogP) is 2.90. The van der Waals surface area contributed by atoms with Crippen LogP contribution in [0.1, 0.15) is 15.9 Å². The molecule has 7 nitrogen and oxygen atoms in total. The molecule has 0 spiro atoms. The number of hydrogen-bond acceptors (Lipinski definition) is 5. The third-order valence-electron chi connectivity index (χ3n) is 3.79. The van der Waals surface area contributed by atoms with E-state index in [0.29, 0.717) is 11.3 Å². The molecule has 1 heterocycles. The Morgan fingerprint density at radius 2 is 2.04 bits per heavy atom. The first kappa shape index (κ1) is 17.4. The number of carbonyl (C=O) groups is 1. The topological polar surface area (TPSA) is 93.1 Å². The molecule has 2 aromatic rings. The zero-order chi connectivity index (χ0) is 18.4. The Bertz CT molecular complexity index is 973. The highest BCUT2D eigenvalue weighted by Crippen LogP contribution is 2.42. The Hall–Kier alpha value is -2.45. The summed E-state index contributed by atoms with van der Waals surface area (Å²) in [7, 11) is -2.72. The van der Waals surface area contributed by atoms with E-state index in [-0.39, 0.29) is 33.6 Å². The molecule has 0 unspecified atom stereocenters. The molecule has 1 aliphatic rings. The SMILES string of the molecule is COc1ccc(Cl)cc1S(=O)(=O)N1COc2c(C)cc(C(=O)O)cc21. The van der Waals surface area contributed by atoms with E-state index in [4.69, 9.17) is 21.1 Å². The molecular weight excluding hydrogens is 370 g/mol. The van der Waals surface area contributed by atoms with Gasteiger partial charge < -0.3 is 14.6 Å². The van der Waals surface area contributed by atoms with E-state index in [1.165, 1.54) is 37.4 Å². The number of aromatic carboxylic acids is 1. The molecule has 3 rings (SSSR count). The number of sulfonamides is 1. The van der Waals surface area contributed by atoms with Crippen LogP contribution < -0.4 is 13.8 Å². The minimum Gasteiger partial charge on any atom is -0.495 e. The van der Waals surface area contributed by atoms with Gasteiger partial charge in [0.05, 0.1) is 18.4 Å². The monoisotopic (exact) mass is 383 g/mol. The smallest absolute Gasteiger partial charge is 0.335 e. The molecule has 9 heteroatoms. The average Bonchev–Trinajstić information content (AvgIpc) is 3.00. The molecule has 0 amide bonds. The van der Waals surface area contributed by atoms with Crippen LogP contribution in [-0.4, -0.2) is 33.3 Å². The minimum absolute atomic E-state index is 0.0278. The lowest BCUT2D eigenvalue weighted by atomic mass is 10.1.